The third kappa shape index (κ3) is 4.28. The number of nitrogens with zero attached hydrogens (tertiary/aromatic N) is 3. The van der Waals surface area contributed by atoms with Gasteiger partial charge < -0.3 is 10.1 Å². The number of hydrogen-bond acceptors (Lipinski definition) is 4. The first-order valence-electron chi connectivity index (χ1n) is 9.53. The number of methoxy groups -OCH3 is 1. The van der Waals surface area contributed by atoms with E-state index in [0.29, 0.717) is 38.9 Å². The molecule has 2 atom stereocenters. The fourth-order valence-corrected chi connectivity index (χ4v) is 4.30. The Morgan fingerprint density at radius 2 is 1.90 bits per heavy atom. The SMILES string of the molecule is COc1ccc(CNC(=O)C2C(C)=Nc3ccnn3C2c2ccc(Cl)c(Cl)c2)cc1Cl. The van der Waals surface area contributed by atoms with E-state index in [1.54, 1.807) is 42.3 Å². The average Bonchev–Trinajstić information content (AvgIpc) is 3.21. The molecule has 0 fully saturated rings. The standard InChI is InChI=1S/C22H19Cl3N4O2/c1-12-20(22(30)26-11-13-3-6-18(31-2)17(25)9-13)21(29-19(28-12)7-8-27-29)14-4-5-15(23)16(24)10-14/h3-10,20-21H,11H2,1-2H3,(H,26,30). The zero-order valence-corrected chi connectivity index (χ0v) is 19.0. The van der Waals surface area contributed by atoms with E-state index in [-0.39, 0.29) is 5.91 Å². The van der Waals surface area contributed by atoms with Crippen LogP contribution in [0.2, 0.25) is 15.1 Å². The van der Waals surface area contributed by atoms with E-state index in [1.165, 1.54) is 0 Å². The van der Waals surface area contributed by atoms with Gasteiger partial charge in [0.25, 0.3) is 0 Å². The minimum Gasteiger partial charge on any atom is -0.495 e. The highest BCUT2D eigenvalue weighted by Crippen LogP contribution is 2.38. The molecule has 0 radical (unpaired) electrons. The van der Waals surface area contributed by atoms with E-state index < -0.39 is 12.0 Å². The van der Waals surface area contributed by atoms with Crippen molar-refractivity contribution >= 4 is 52.2 Å². The second-order valence-corrected chi connectivity index (χ2v) is 8.39. The van der Waals surface area contributed by atoms with Crippen molar-refractivity contribution in [1.82, 2.24) is 15.1 Å². The molecule has 4 rings (SSSR count). The molecule has 1 aromatic heterocycles. The summed E-state index contributed by atoms with van der Waals surface area (Å²) in [5.74, 6) is 0.515. The van der Waals surface area contributed by atoms with Crippen LogP contribution in [0.5, 0.6) is 5.75 Å². The van der Waals surface area contributed by atoms with Gasteiger partial charge in [-0.1, -0.05) is 46.9 Å². The summed E-state index contributed by atoms with van der Waals surface area (Å²) in [6, 6.07) is 12.1. The van der Waals surface area contributed by atoms with Gasteiger partial charge in [-0.25, -0.2) is 9.67 Å². The number of fused-ring (bicyclic) bond motifs is 1. The van der Waals surface area contributed by atoms with Crippen LogP contribution in [0.4, 0.5) is 5.82 Å². The van der Waals surface area contributed by atoms with Gasteiger partial charge in [0.2, 0.25) is 5.91 Å². The lowest BCUT2D eigenvalue weighted by Crippen LogP contribution is -2.42. The molecule has 1 aliphatic heterocycles. The van der Waals surface area contributed by atoms with E-state index in [9.17, 15) is 4.79 Å². The third-order valence-electron chi connectivity index (χ3n) is 5.22. The molecule has 0 bridgehead atoms. The number of carbonyl (C=O) groups excluding carboxylic acids is 1. The number of aromatic nitrogens is 2. The van der Waals surface area contributed by atoms with E-state index in [1.807, 2.05) is 25.1 Å². The van der Waals surface area contributed by atoms with Crippen molar-refractivity contribution in [3.05, 3.63) is 74.9 Å². The Bertz CT molecular complexity index is 1180. The molecule has 1 N–H and O–H groups in total. The Hall–Kier alpha value is -2.54. The summed E-state index contributed by atoms with van der Waals surface area (Å²) in [5.41, 5.74) is 2.37. The van der Waals surface area contributed by atoms with Crippen molar-refractivity contribution < 1.29 is 9.53 Å². The molecular formula is C22H19Cl3N4O2. The molecular weight excluding hydrogens is 459 g/mol. The zero-order valence-electron chi connectivity index (χ0n) is 16.8. The monoisotopic (exact) mass is 476 g/mol. The second kappa shape index (κ2) is 8.91. The molecule has 2 aromatic carbocycles. The van der Waals surface area contributed by atoms with Crippen molar-refractivity contribution in [1.29, 1.82) is 0 Å². The molecule has 0 saturated carbocycles. The van der Waals surface area contributed by atoms with Crippen LogP contribution in [-0.2, 0) is 11.3 Å². The van der Waals surface area contributed by atoms with Crippen LogP contribution in [0.15, 0.2) is 53.7 Å². The number of amides is 1. The minimum absolute atomic E-state index is 0.176. The summed E-state index contributed by atoms with van der Waals surface area (Å²) in [6.07, 6.45) is 1.66. The molecule has 1 amide bonds. The van der Waals surface area contributed by atoms with Gasteiger partial charge in [-0.05, 0) is 42.3 Å². The number of hydrogen-bond donors (Lipinski definition) is 1. The lowest BCUT2D eigenvalue weighted by atomic mass is 9.87. The van der Waals surface area contributed by atoms with Gasteiger partial charge in [-0.3, -0.25) is 4.79 Å². The van der Waals surface area contributed by atoms with Crippen LogP contribution < -0.4 is 10.1 Å². The van der Waals surface area contributed by atoms with Crippen molar-refractivity contribution in [2.75, 3.05) is 7.11 Å². The number of halogens is 3. The second-order valence-electron chi connectivity index (χ2n) is 7.17. The van der Waals surface area contributed by atoms with Gasteiger partial charge in [0.05, 0.1) is 34.4 Å². The number of nitrogens with one attached hydrogen (secondary N) is 1. The fraction of sp³-hybridized carbons (Fsp3) is 0.227. The average molecular weight is 478 g/mol. The Morgan fingerprint density at radius 3 is 2.61 bits per heavy atom. The number of carbonyl (C=O) groups is 1. The zero-order chi connectivity index (χ0) is 22.1. The molecule has 160 valence electrons. The fourth-order valence-electron chi connectivity index (χ4n) is 3.71. The number of rotatable bonds is 5. The summed E-state index contributed by atoms with van der Waals surface area (Å²) in [5, 5.41) is 8.75. The minimum atomic E-state index is -0.571. The van der Waals surface area contributed by atoms with Gasteiger partial charge >= 0.3 is 0 Å². The van der Waals surface area contributed by atoms with E-state index in [4.69, 9.17) is 39.5 Å². The van der Waals surface area contributed by atoms with Crippen molar-refractivity contribution in [2.24, 2.45) is 10.9 Å². The van der Waals surface area contributed by atoms with Gasteiger partial charge in [0, 0.05) is 18.3 Å². The Kier molecular flexibility index (Phi) is 6.23. The molecule has 6 nitrogen and oxygen atoms in total. The molecule has 1 aliphatic rings. The number of aliphatic imine (C=N–C) groups is 1. The number of benzene rings is 2. The van der Waals surface area contributed by atoms with Crippen LogP contribution >= 0.6 is 34.8 Å². The summed E-state index contributed by atoms with van der Waals surface area (Å²) in [7, 11) is 1.56. The molecule has 0 aliphatic carbocycles. The molecule has 2 heterocycles. The predicted molar refractivity (Wildman–Crippen MR) is 123 cm³/mol. The largest absolute Gasteiger partial charge is 0.495 e. The van der Waals surface area contributed by atoms with Gasteiger partial charge in [0.15, 0.2) is 5.82 Å². The highest BCUT2D eigenvalue weighted by atomic mass is 35.5. The van der Waals surface area contributed by atoms with E-state index in [0.717, 1.165) is 11.1 Å². The first-order chi connectivity index (χ1) is 14.9. The first kappa shape index (κ1) is 21.7. The maximum Gasteiger partial charge on any atom is 0.231 e. The van der Waals surface area contributed by atoms with Crippen LogP contribution in [0, 0.1) is 5.92 Å². The number of ether oxygens (including phenoxy) is 1. The van der Waals surface area contributed by atoms with E-state index in [2.05, 4.69) is 15.4 Å². The summed E-state index contributed by atoms with van der Waals surface area (Å²) in [4.78, 5) is 17.9. The summed E-state index contributed by atoms with van der Waals surface area (Å²) < 4.78 is 6.91. The Balaban J connectivity index is 1.63. The molecule has 31 heavy (non-hydrogen) atoms. The molecule has 0 saturated heterocycles. The quantitative estimate of drug-likeness (QED) is 0.529. The maximum absolute atomic E-state index is 13.3. The van der Waals surface area contributed by atoms with E-state index >= 15 is 0 Å². The molecule has 2 unspecified atom stereocenters. The predicted octanol–water partition coefficient (Wildman–Crippen LogP) is 5.48. The lowest BCUT2D eigenvalue weighted by molar-refractivity contribution is -0.124. The van der Waals surface area contributed by atoms with Gasteiger partial charge in [-0.15, -0.1) is 0 Å². The lowest BCUT2D eigenvalue weighted by Gasteiger charge is -2.31. The van der Waals surface area contributed by atoms with Crippen molar-refractivity contribution in [2.45, 2.75) is 19.5 Å². The first-order valence-corrected chi connectivity index (χ1v) is 10.7. The van der Waals surface area contributed by atoms with Crippen LogP contribution in [0.3, 0.4) is 0 Å². The van der Waals surface area contributed by atoms with Gasteiger partial charge in [0.1, 0.15) is 11.7 Å². The maximum atomic E-state index is 13.3. The highest BCUT2D eigenvalue weighted by molar-refractivity contribution is 6.42. The topological polar surface area (TPSA) is 68.5 Å². The summed E-state index contributed by atoms with van der Waals surface area (Å²) >= 11 is 18.6. The van der Waals surface area contributed by atoms with Crippen molar-refractivity contribution in [3.8, 4) is 5.75 Å². The molecule has 3 aromatic rings. The molecule has 9 heteroatoms. The third-order valence-corrected chi connectivity index (χ3v) is 6.25. The van der Waals surface area contributed by atoms with Crippen LogP contribution in [-0.4, -0.2) is 28.5 Å². The van der Waals surface area contributed by atoms with Crippen molar-refractivity contribution in [3.63, 3.8) is 0 Å². The Morgan fingerprint density at radius 1 is 1.10 bits per heavy atom. The van der Waals surface area contributed by atoms with Crippen LogP contribution in [0.25, 0.3) is 0 Å². The molecule has 0 spiro atoms. The van der Waals surface area contributed by atoms with Gasteiger partial charge in [-0.2, -0.15) is 5.10 Å². The normalized spacial score (nSPS) is 17.6. The Labute approximate surface area is 194 Å². The van der Waals surface area contributed by atoms with Crippen LogP contribution in [0.1, 0.15) is 24.1 Å². The summed E-state index contributed by atoms with van der Waals surface area (Å²) in [6.45, 7) is 2.15. The highest BCUT2D eigenvalue weighted by Gasteiger charge is 2.38. The smallest absolute Gasteiger partial charge is 0.231 e.